The van der Waals surface area contributed by atoms with Crippen LogP contribution in [-0.4, -0.2) is 25.7 Å². The van der Waals surface area contributed by atoms with E-state index in [0.717, 1.165) is 28.2 Å². The maximum atomic E-state index is 12.3. The summed E-state index contributed by atoms with van der Waals surface area (Å²) in [4.78, 5) is 21.5. The van der Waals surface area contributed by atoms with Crippen LogP contribution in [0.4, 0.5) is 5.82 Å². The third-order valence-corrected chi connectivity index (χ3v) is 4.97. The van der Waals surface area contributed by atoms with Crippen LogP contribution in [0.5, 0.6) is 0 Å². The summed E-state index contributed by atoms with van der Waals surface area (Å²) >= 11 is 0. The van der Waals surface area contributed by atoms with Gasteiger partial charge in [0.05, 0.1) is 5.69 Å². The lowest BCUT2D eigenvalue weighted by Crippen LogP contribution is -2.25. The number of nitrogens with one attached hydrogen (secondary N) is 1. The number of hydrogen-bond donors (Lipinski definition) is 1. The largest absolute Gasteiger partial charge is 0.311 e. The van der Waals surface area contributed by atoms with Crippen molar-refractivity contribution in [1.82, 2.24) is 19.7 Å². The maximum absolute atomic E-state index is 12.3. The highest BCUT2D eigenvalue weighted by Crippen LogP contribution is 2.39. The predicted octanol–water partition coefficient (Wildman–Crippen LogP) is 4.01. The molecule has 0 aliphatic carbocycles. The van der Waals surface area contributed by atoms with Gasteiger partial charge in [0.25, 0.3) is 0 Å². The van der Waals surface area contributed by atoms with Crippen molar-refractivity contribution in [2.45, 2.75) is 46.1 Å². The number of fused-ring (bicyclic) bond motifs is 1. The first-order valence-electron chi connectivity index (χ1n) is 9.22. The SMILES string of the molecule is Cc1cccc(-c2ncc(C3CC(=O)Nc4c3c(C)nn4C(C)C)cn2)c1. The number of anilines is 1. The van der Waals surface area contributed by atoms with E-state index in [-0.39, 0.29) is 17.9 Å². The first-order valence-corrected chi connectivity index (χ1v) is 9.22. The van der Waals surface area contributed by atoms with Crippen LogP contribution in [0.3, 0.4) is 0 Å². The van der Waals surface area contributed by atoms with E-state index in [2.05, 4.69) is 53.3 Å². The number of aromatic nitrogens is 4. The van der Waals surface area contributed by atoms with Gasteiger partial charge in [-0.1, -0.05) is 23.8 Å². The molecule has 1 aliphatic heterocycles. The second kappa shape index (κ2) is 6.61. The molecular weight excluding hydrogens is 338 g/mol. The molecule has 3 aromatic rings. The molecule has 1 atom stereocenters. The molecule has 0 fully saturated rings. The van der Waals surface area contributed by atoms with Gasteiger partial charge in [-0.2, -0.15) is 5.10 Å². The molecule has 0 saturated heterocycles. The van der Waals surface area contributed by atoms with Crippen LogP contribution in [0, 0.1) is 13.8 Å². The van der Waals surface area contributed by atoms with Crippen LogP contribution in [0.25, 0.3) is 11.4 Å². The summed E-state index contributed by atoms with van der Waals surface area (Å²) in [7, 11) is 0. The van der Waals surface area contributed by atoms with Crippen LogP contribution < -0.4 is 5.32 Å². The molecule has 0 saturated carbocycles. The minimum Gasteiger partial charge on any atom is -0.311 e. The van der Waals surface area contributed by atoms with Crippen molar-refractivity contribution < 1.29 is 4.79 Å². The lowest BCUT2D eigenvalue weighted by Gasteiger charge is -2.24. The van der Waals surface area contributed by atoms with Gasteiger partial charge in [0.15, 0.2) is 5.82 Å². The third kappa shape index (κ3) is 3.12. The molecule has 0 bridgehead atoms. The average Bonchev–Trinajstić information content (AvgIpc) is 2.98. The molecule has 1 unspecified atom stereocenters. The van der Waals surface area contributed by atoms with E-state index in [4.69, 9.17) is 0 Å². The number of amides is 1. The zero-order valence-electron chi connectivity index (χ0n) is 16.0. The quantitative estimate of drug-likeness (QED) is 0.765. The van der Waals surface area contributed by atoms with E-state index in [1.54, 1.807) is 0 Å². The van der Waals surface area contributed by atoms with Crippen LogP contribution in [0.15, 0.2) is 36.7 Å². The highest BCUT2D eigenvalue weighted by atomic mass is 16.1. The number of nitrogens with zero attached hydrogens (tertiary/aromatic N) is 4. The molecule has 1 N–H and O–H groups in total. The van der Waals surface area contributed by atoms with Gasteiger partial charge >= 0.3 is 0 Å². The Hall–Kier alpha value is -3.02. The van der Waals surface area contributed by atoms with Crippen LogP contribution in [-0.2, 0) is 4.79 Å². The Morgan fingerprint density at radius 1 is 1.19 bits per heavy atom. The summed E-state index contributed by atoms with van der Waals surface area (Å²) in [5, 5.41) is 7.63. The Kier molecular flexibility index (Phi) is 4.26. The van der Waals surface area contributed by atoms with Gasteiger partial charge in [-0.05, 0) is 39.3 Å². The lowest BCUT2D eigenvalue weighted by atomic mass is 9.87. The van der Waals surface area contributed by atoms with Crippen molar-refractivity contribution in [1.29, 1.82) is 0 Å². The van der Waals surface area contributed by atoms with Crippen LogP contribution in [0.2, 0.25) is 0 Å². The number of hydrogen-bond acceptors (Lipinski definition) is 4. The molecule has 4 rings (SSSR count). The number of carbonyl (C=O) groups excluding carboxylic acids is 1. The first kappa shape index (κ1) is 17.4. The zero-order valence-corrected chi connectivity index (χ0v) is 16.0. The fourth-order valence-corrected chi connectivity index (χ4v) is 3.68. The van der Waals surface area contributed by atoms with Gasteiger partial charge in [-0.15, -0.1) is 0 Å². The van der Waals surface area contributed by atoms with E-state index in [1.807, 2.05) is 36.1 Å². The molecule has 6 nitrogen and oxygen atoms in total. The monoisotopic (exact) mass is 361 g/mol. The minimum atomic E-state index is -0.0761. The molecule has 0 spiro atoms. The van der Waals surface area contributed by atoms with E-state index < -0.39 is 0 Å². The topological polar surface area (TPSA) is 72.7 Å². The standard InChI is InChI=1S/C21H23N5O/c1-12(2)26-21-19(14(4)25-26)17(9-18(27)24-21)16-10-22-20(23-11-16)15-7-5-6-13(3)8-15/h5-8,10-12,17H,9H2,1-4H3,(H,24,27). The molecular formula is C21H23N5O. The number of aryl methyl sites for hydroxylation is 2. The van der Waals surface area contributed by atoms with Crippen molar-refractivity contribution in [2.75, 3.05) is 5.32 Å². The van der Waals surface area contributed by atoms with Gasteiger partial charge in [0, 0.05) is 41.9 Å². The van der Waals surface area contributed by atoms with E-state index >= 15 is 0 Å². The first-order chi connectivity index (χ1) is 12.9. The van der Waals surface area contributed by atoms with Gasteiger partial charge < -0.3 is 5.32 Å². The van der Waals surface area contributed by atoms with Crippen molar-refractivity contribution in [2.24, 2.45) is 0 Å². The molecule has 2 aromatic heterocycles. The van der Waals surface area contributed by atoms with Crippen molar-refractivity contribution in [3.05, 3.63) is 59.0 Å². The molecule has 6 heteroatoms. The molecule has 27 heavy (non-hydrogen) atoms. The molecule has 3 heterocycles. The lowest BCUT2D eigenvalue weighted by molar-refractivity contribution is -0.116. The summed E-state index contributed by atoms with van der Waals surface area (Å²) in [5.41, 5.74) is 5.11. The molecule has 138 valence electrons. The van der Waals surface area contributed by atoms with E-state index in [0.29, 0.717) is 12.2 Å². The molecule has 0 radical (unpaired) electrons. The number of benzene rings is 1. The van der Waals surface area contributed by atoms with Gasteiger partial charge in [-0.25, -0.2) is 14.6 Å². The van der Waals surface area contributed by atoms with Gasteiger partial charge in [-0.3, -0.25) is 4.79 Å². The Labute approximate surface area is 158 Å². The number of carbonyl (C=O) groups is 1. The smallest absolute Gasteiger partial charge is 0.226 e. The fourth-order valence-electron chi connectivity index (χ4n) is 3.68. The highest BCUT2D eigenvalue weighted by molar-refractivity contribution is 5.94. The fraction of sp³-hybridized carbons (Fsp3) is 0.333. The molecule has 1 aliphatic rings. The second-order valence-corrected chi connectivity index (χ2v) is 7.40. The predicted molar refractivity (Wildman–Crippen MR) is 105 cm³/mol. The summed E-state index contributed by atoms with van der Waals surface area (Å²) in [5.74, 6) is 1.41. The van der Waals surface area contributed by atoms with E-state index in [9.17, 15) is 4.79 Å². The zero-order chi connectivity index (χ0) is 19.1. The minimum absolute atomic E-state index is 0.00272. The Morgan fingerprint density at radius 2 is 1.93 bits per heavy atom. The van der Waals surface area contributed by atoms with Gasteiger partial charge in [0.2, 0.25) is 5.91 Å². The third-order valence-electron chi connectivity index (χ3n) is 4.97. The van der Waals surface area contributed by atoms with Crippen molar-refractivity contribution in [3.63, 3.8) is 0 Å². The van der Waals surface area contributed by atoms with Crippen molar-refractivity contribution in [3.8, 4) is 11.4 Å². The average molecular weight is 361 g/mol. The number of rotatable bonds is 3. The second-order valence-electron chi connectivity index (χ2n) is 7.40. The molecule has 1 amide bonds. The normalized spacial score (nSPS) is 16.3. The summed E-state index contributed by atoms with van der Waals surface area (Å²) in [6, 6.07) is 8.30. The van der Waals surface area contributed by atoms with Crippen molar-refractivity contribution >= 4 is 11.7 Å². The van der Waals surface area contributed by atoms with Crippen LogP contribution in [0.1, 0.15) is 54.6 Å². The maximum Gasteiger partial charge on any atom is 0.226 e. The van der Waals surface area contributed by atoms with Crippen LogP contribution >= 0.6 is 0 Å². The summed E-state index contributed by atoms with van der Waals surface area (Å²) < 4.78 is 1.89. The molecule has 1 aromatic carbocycles. The summed E-state index contributed by atoms with van der Waals surface area (Å²) in [6.45, 7) is 8.16. The van der Waals surface area contributed by atoms with Gasteiger partial charge in [0.1, 0.15) is 5.82 Å². The highest BCUT2D eigenvalue weighted by Gasteiger charge is 2.33. The Balaban J connectivity index is 1.73. The Morgan fingerprint density at radius 3 is 2.59 bits per heavy atom. The Bertz CT molecular complexity index is 1000. The van der Waals surface area contributed by atoms with E-state index in [1.165, 1.54) is 5.56 Å². The summed E-state index contributed by atoms with van der Waals surface area (Å²) in [6.07, 6.45) is 4.05.